The minimum Gasteiger partial charge on any atom is -0.391 e. The zero-order valence-electron chi connectivity index (χ0n) is 13.9. The Labute approximate surface area is 137 Å². The van der Waals surface area contributed by atoms with Crippen molar-refractivity contribution in [2.24, 2.45) is 22.3 Å². The molecule has 5 N–H and O–H groups in total. The van der Waals surface area contributed by atoms with E-state index in [1.165, 1.54) is 5.56 Å². The van der Waals surface area contributed by atoms with Crippen LogP contribution in [-0.2, 0) is 16.8 Å². The zero-order chi connectivity index (χ0) is 16.7. The Hall–Kier alpha value is -1.23. The Balaban J connectivity index is 1.97. The first-order valence-corrected chi connectivity index (χ1v) is 8.58. The van der Waals surface area contributed by atoms with E-state index in [4.69, 9.17) is 11.5 Å². The number of nitrogens with two attached hydrogens (primary N) is 2. The molecular weight excluding hydrogens is 288 g/mol. The molecule has 3 aliphatic carbocycles. The molecule has 1 aromatic rings. The second-order valence-electron chi connectivity index (χ2n) is 8.30. The van der Waals surface area contributed by atoms with Crippen LogP contribution in [0.5, 0.6) is 0 Å². The minimum atomic E-state index is -0.975. The summed E-state index contributed by atoms with van der Waals surface area (Å²) in [5.74, 6) is 0.0923. The summed E-state index contributed by atoms with van der Waals surface area (Å²) in [6.45, 7) is 4.04. The average molecular weight is 314 g/mol. The number of carbonyl (C=O) groups excluding carboxylic acids is 1. The van der Waals surface area contributed by atoms with Crippen molar-refractivity contribution < 1.29 is 9.90 Å². The number of aliphatic hydroxyl groups excluding tert-OH is 1. The lowest BCUT2D eigenvalue weighted by atomic mass is 9.41. The van der Waals surface area contributed by atoms with Crippen LogP contribution in [0.25, 0.3) is 0 Å². The van der Waals surface area contributed by atoms with E-state index in [-0.39, 0.29) is 12.2 Å². The molecule has 0 spiro atoms. The van der Waals surface area contributed by atoms with Crippen molar-refractivity contribution in [3.8, 4) is 0 Å². The highest BCUT2D eigenvalue weighted by molar-refractivity contribution is 5.90. The number of aryl methyl sites for hydroxylation is 1. The van der Waals surface area contributed by atoms with E-state index < -0.39 is 28.0 Å². The number of carbonyl (C=O) groups is 1. The third-order valence-corrected chi connectivity index (χ3v) is 7.74. The van der Waals surface area contributed by atoms with Gasteiger partial charge in [0.25, 0.3) is 0 Å². The lowest BCUT2D eigenvalue weighted by Crippen LogP contribution is -2.78. The van der Waals surface area contributed by atoms with E-state index >= 15 is 0 Å². The lowest BCUT2D eigenvalue weighted by Gasteiger charge is -2.66. The molecule has 2 saturated carbocycles. The Morgan fingerprint density at radius 2 is 1.83 bits per heavy atom. The Kier molecular flexibility index (Phi) is 2.82. The molecule has 0 saturated heterocycles. The molecule has 4 rings (SSSR count). The van der Waals surface area contributed by atoms with Crippen molar-refractivity contribution in [1.82, 2.24) is 0 Å². The first-order chi connectivity index (χ1) is 10.7. The van der Waals surface area contributed by atoms with E-state index in [0.29, 0.717) is 6.42 Å². The number of benzene rings is 1. The molecule has 0 heterocycles. The second-order valence-corrected chi connectivity index (χ2v) is 8.30. The minimum absolute atomic E-state index is 0.0923. The second kappa shape index (κ2) is 4.24. The monoisotopic (exact) mass is 314 g/mol. The number of rotatable bonds is 0. The standard InChI is InChI=1S/C19H26N2O2/c1-16-9-10-18(20)13-6-4-3-5-12(13)7-8-17(18,2)19(16,21)15(23)11-14(16)22/h3-6,15,23H,7-11,20-21H2,1-2H3/t15-,16-,17-,18+,19+/m1/s1. The fraction of sp³-hybridized carbons (Fsp3) is 0.632. The molecule has 4 heteroatoms. The highest BCUT2D eigenvalue weighted by Crippen LogP contribution is 2.67. The summed E-state index contributed by atoms with van der Waals surface area (Å²) in [5.41, 5.74) is 13.6. The molecule has 0 unspecified atom stereocenters. The average Bonchev–Trinajstić information content (AvgIpc) is 2.71. The maximum absolute atomic E-state index is 12.6. The van der Waals surface area contributed by atoms with Crippen LogP contribution < -0.4 is 11.5 Å². The Morgan fingerprint density at radius 1 is 1.13 bits per heavy atom. The fourth-order valence-electron chi connectivity index (χ4n) is 6.00. The van der Waals surface area contributed by atoms with Gasteiger partial charge in [-0.25, -0.2) is 0 Å². The molecule has 23 heavy (non-hydrogen) atoms. The van der Waals surface area contributed by atoms with Crippen molar-refractivity contribution in [1.29, 1.82) is 0 Å². The molecular formula is C19H26N2O2. The summed E-state index contributed by atoms with van der Waals surface area (Å²) in [4.78, 5) is 12.6. The van der Waals surface area contributed by atoms with Crippen LogP contribution in [-0.4, -0.2) is 22.5 Å². The topological polar surface area (TPSA) is 89.3 Å². The maximum atomic E-state index is 12.6. The molecule has 0 amide bonds. The van der Waals surface area contributed by atoms with Crippen LogP contribution >= 0.6 is 0 Å². The van der Waals surface area contributed by atoms with Gasteiger partial charge >= 0.3 is 0 Å². The van der Waals surface area contributed by atoms with Gasteiger partial charge in [0.2, 0.25) is 0 Å². The summed E-state index contributed by atoms with van der Waals surface area (Å²) in [7, 11) is 0. The van der Waals surface area contributed by atoms with Gasteiger partial charge in [-0.1, -0.05) is 38.1 Å². The summed E-state index contributed by atoms with van der Waals surface area (Å²) >= 11 is 0. The van der Waals surface area contributed by atoms with Crippen LogP contribution in [0.1, 0.15) is 50.7 Å². The summed E-state index contributed by atoms with van der Waals surface area (Å²) in [5, 5.41) is 10.8. The normalized spacial score (nSPS) is 48.6. The van der Waals surface area contributed by atoms with Gasteiger partial charge in [-0.15, -0.1) is 0 Å². The van der Waals surface area contributed by atoms with Gasteiger partial charge in [0.15, 0.2) is 0 Å². The van der Waals surface area contributed by atoms with Gasteiger partial charge in [0.1, 0.15) is 5.78 Å². The molecule has 0 radical (unpaired) electrons. The summed E-state index contributed by atoms with van der Waals surface area (Å²) < 4.78 is 0. The van der Waals surface area contributed by atoms with Crippen molar-refractivity contribution in [2.75, 3.05) is 0 Å². The molecule has 124 valence electrons. The number of Topliss-reactive ketones (excluding diaryl/α,β-unsaturated/α-hetero) is 1. The van der Waals surface area contributed by atoms with Crippen LogP contribution in [0, 0.1) is 10.8 Å². The van der Waals surface area contributed by atoms with E-state index in [1.807, 2.05) is 19.1 Å². The van der Waals surface area contributed by atoms with Gasteiger partial charge in [-0.3, -0.25) is 4.79 Å². The fourth-order valence-corrected chi connectivity index (χ4v) is 6.00. The zero-order valence-corrected chi connectivity index (χ0v) is 13.9. The molecule has 0 aromatic heterocycles. The lowest BCUT2D eigenvalue weighted by molar-refractivity contribution is -0.149. The first-order valence-electron chi connectivity index (χ1n) is 8.58. The van der Waals surface area contributed by atoms with Gasteiger partial charge in [-0.05, 0) is 36.8 Å². The number of aliphatic hydroxyl groups is 1. The number of hydrogen-bond donors (Lipinski definition) is 3. The van der Waals surface area contributed by atoms with E-state index in [1.54, 1.807) is 0 Å². The quantitative estimate of drug-likeness (QED) is 0.679. The van der Waals surface area contributed by atoms with E-state index in [9.17, 15) is 9.90 Å². The Bertz CT molecular complexity index is 704. The molecule has 5 atom stereocenters. The van der Waals surface area contributed by atoms with Crippen molar-refractivity contribution >= 4 is 5.78 Å². The number of ketones is 1. The van der Waals surface area contributed by atoms with Crippen molar-refractivity contribution in [3.05, 3.63) is 35.4 Å². The molecule has 3 aliphatic rings. The van der Waals surface area contributed by atoms with Crippen molar-refractivity contribution in [3.63, 3.8) is 0 Å². The van der Waals surface area contributed by atoms with Crippen LogP contribution in [0.2, 0.25) is 0 Å². The predicted octanol–water partition coefficient (Wildman–Crippen LogP) is 1.62. The predicted molar refractivity (Wildman–Crippen MR) is 88.6 cm³/mol. The molecule has 4 nitrogen and oxygen atoms in total. The smallest absolute Gasteiger partial charge is 0.143 e. The molecule has 2 fully saturated rings. The third kappa shape index (κ3) is 1.42. The van der Waals surface area contributed by atoms with Crippen LogP contribution in [0.15, 0.2) is 24.3 Å². The Morgan fingerprint density at radius 3 is 2.57 bits per heavy atom. The molecule has 1 aromatic carbocycles. The van der Waals surface area contributed by atoms with Crippen molar-refractivity contribution in [2.45, 2.75) is 63.1 Å². The van der Waals surface area contributed by atoms with E-state index in [2.05, 4.69) is 19.1 Å². The maximum Gasteiger partial charge on any atom is 0.143 e. The van der Waals surface area contributed by atoms with Crippen LogP contribution in [0.3, 0.4) is 0 Å². The third-order valence-electron chi connectivity index (χ3n) is 7.74. The highest BCUT2D eigenvalue weighted by Gasteiger charge is 2.75. The van der Waals surface area contributed by atoms with Gasteiger partial charge in [-0.2, -0.15) is 0 Å². The van der Waals surface area contributed by atoms with Gasteiger partial charge < -0.3 is 16.6 Å². The molecule has 0 bridgehead atoms. The highest BCUT2D eigenvalue weighted by atomic mass is 16.3. The summed E-state index contributed by atoms with van der Waals surface area (Å²) in [6.07, 6.45) is 2.39. The number of fused-ring (bicyclic) bond motifs is 5. The van der Waals surface area contributed by atoms with E-state index in [0.717, 1.165) is 24.8 Å². The van der Waals surface area contributed by atoms with Gasteiger partial charge in [0.05, 0.1) is 11.6 Å². The molecule has 0 aliphatic heterocycles. The summed E-state index contributed by atoms with van der Waals surface area (Å²) in [6, 6.07) is 8.30. The van der Waals surface area contributed by atoms with Crippen LogP contribution in [0.4, 0.5) is 0 Å². The van der Waals surface area contributed by atoms with Gasteiger partial charge in [0, 0.05) is 22.8 Å². The first kappa shape index (κ1) is 15.3. The largest absolute Gasteiger partial charge is 0.391 e. The SMILES string of the molecule is C[C@@]12CCc3ccccc3[C@@]1(N)CC[C@]1(C)C(=O)C[C@@H](O)[C@@]21N. The number of hydrogen-bond acceptors (Lipinski definition) is 4.